The molecule has 2 aromatic carbocycles. The summed E-state index contributed by atoms with van der Waals surface area (Å²) in [5.74, 6) is 0.935. The van der Waals surface area contributed by atoms with Crippen molar-refractivity contribution in [2.45, 2.75) is 6.54 Å². The molecule has 0 atom stereocenters. The maximum atomic E-state index is 12.9. The first kappa shape index (κ1) is 16.5. The Bertz CT molecular complexity index is 862. The Balaban J connectivity index is 1.61. The van der Waals surface area contributed by atoms with Crippen LogP contribution in [0.1, 0.15) is 0 Å². The highest BCUT2D eigenvalue weighted by atomic mass is 19.1. The van der Waals surface area contributed by atoms with Crippen molar-refractivity contribution >= 4 is 11.6 Å². The molecule has 0 bridgehead atoms. The van der Waals surface area contributed by atoms with Gasteiger partial charge in [-0.05, 0) is 36.4 Å². The average Bonchev–Trinajstić information content (AvgIpc) is 3.04. The summed E-state index contributed by atoms with van der Waals surface area (Å²) in [6.07, 6.45) is 3.07. The fourth-order valence-corrected chi connectivity index (χ4v) is 2.21. The molecule has 6 nitrogen and oxygen atoms in total. The molecule has 25 heavy (non-hydrogen) atoms. The van der Waals surface area contributed by atoms with Gasteiger partial charge in [0.15, 0.2) is 5.75 Å². The van der Waals surface area contributed by atoms with Crippen molar-refractivity contribution in [3.8, 4) is 17.2 Å². The van der Waals surface area contributed by atoms with Gasteiger partial charge in [0, 0.05) is 0 Å². The molecule has 3 rings (SSSR count). The number of nitrogens with one attached hydrogen (secondary N) is 1. The minimum atomic E-state index is -0.337. The van der Waals surface area contributed by atoms with E-state index in [0.717, 1.165) is 0 Å². The van der Waals surface area contributed by atoms with Gasteiger partial charge in [-0.25, -0.2) is 4.39 Å². The van der Waals surface area contributed by atoms with Gasteiger partial charge < -0.3 is 14.8 Å². The number of anilines is 1. The quantitative estimate of drug-likeness (QED) is 0.746. The molecule has 1 aromatic heterocycles. The third-order valence-corrected chi connectivity index (χ3v) is 3.35. The molecule has 3 aromatic rings. The van der Waals surface area contributed by atoms with Gasteiger partial charge >= 0.3 is 0 Å². The third-order valence-electron chi connectivity index (χ3n) is 3.35. The van der Waals surface area contributed by atoms with Crippen LogP contribution >= 0.6 is 0 Å². The fraction of sp³-hybridized carbons (Fsp3) is 0.111. The van der Waals surface area contributed by atoms with E-state index >= 15 is 0 Å². The smallest absolute Gasteiger partial charge is 0.246 e. The van der Waals surface area contributed by atoms with Gasteiger partial charge in [-0.2, -0.15) is 5.10 Å². The van der Waals surface area contributed by atoms with E-state index < -0.39 is 0 Å². The Morgan fingerprint density at radius 2 is 1.92 bits per heavy atom. The topological polar surface area (TPSA) is 65.4 Å². The molecule has 0 radical (unpaired) electrons. The van der Waals surface area contributed by atoms with E-state index in [1.54, 1.807) is 24.4 Å². The number of rotatable bonds is 6. The van der Waals surface area contributed by atoms with Gasteiger partial charge in [0.25, 0.3) is 0 Å². The van der Waals surface area contributed by atoms with Crippen LogP contribution in [0.25, 0.3) is 0 Å². The normalized spacial score (nSPS) is 10.3. The molecule has 7 heteroatoms. The zero-order valence-electron chi connectivity index (χ0n) is 13.5. The van der Waals surface area contributed by atoms with Crippen molar-refractivity contribution in [2.24, 2.45) is 0 Å². The number of carbonyl (C=O) groups is 1. The van der Waals surface area contributed by atoms with Gasteiger partial charge in [0.2, 0.25) is 5.91 Å². The molecule has 0 spiro atoms. The van der Waals surface area contributed by atoms with Gasteiger partial charge in [-0.3, -0.25) is 9.48 Å². The van der Waals surface area contributed by atoms with Gasteiger partial charge in [0.1, 0.15) is 23.9 Å². The minimum absolute atomic E-state index is 0.0187. The Kier molecular flexibility index (Phi) is 4.94. The summed E-state index contributed by atoms with van der Waals surface area (Å²) < 4.78 is 25.1. The van der Waals surface area contributed by atoms with E-state index in [1.165, 1.54) is 42.3 Å². The summed E-state index contributed by atoms with van der Waals surface area (Å²) in [6.45, 7) is 0.0187. The molecule has 1 heterocycles. The molecule has 0 aliphatic heterocycles. The highest BCUT2D eigenvalue weighted by Crippen LogP contribution is 2.23. The maximum absolute atomic E-state index is 12.9. The van der Waals surface area contributed by atoms with E-state index in [0.29, 0.717) is 22.9 Å². The van der Waals surface area contributed by atoms with E-state index in [-0.39, 0.29) is 18.3 Å². The molecule has 128 valence electrons. The van der Waals surface area contributed by atoms with Crippen LogP contribution in [0.3, 0.4) is 0 Å². The largest absolute Gasteiger partial charge is 0.495 e. The number of para-hydroxylation sites is 2. The predicted octanol–water partition coefficient (Wildman–Crippen LogP) is 3.46. The van der Waals surface area contributed by atoms with Crippen LogP contribution in [0.15, 0.2) is 60.9 Å². The van der Waals surface area contributed by atoms with Crippen LogP contribution in [0.2, 0.25) is 0 Å². The number of methoxy groups -OCH3 is 1. The second kappa shape index (κ2) is 7.48. The van der Waals surface area contributed by atoms with Crippen LogP contribution in [-0.2, 0) is 11.3 Å². The van der Waals surface area contributed by atoms with Crippen LogP contribution in [0.4, 0.5) is 10.1 Å². The molecule has 0 aliphatic rings. The standard InChI is InChI=1S/C18H16FN3O3/c1-24-17-5-3-2-4-16(17)21-18(23)12-22-11-15(10-20-22)25-14-8-6-13(19)7-9-14/h2-11H,12H2,1H3,(H,21,23). The summed E-state index contributed by atoms with van der Waals surface area (Å²) in [4.78, 5) is 12.1. The van der Waals surface area contributed by atoms with Crippen molar-refractivity contribution < 1.29 is 18.7 Å². The first-order valence-corrected chi connectivity index (χ1v) is 7.53. The van der Waals surface area contributed by atoms with Crippen molar-refractivity contribution in [3.05, 3.63) is 66.7 Å². The number of halogens is 1. The van der Waals surface area contributed by atoms with Crippen molar-refractivity contribution in [2.75, 3.05) is 12.4 Å². The zero-order valence-corrected chi connectivity index (χ0v) is 13.5. The summed E-state index contributed by atoms with van der Waals surface area (Å²) >= 11 is 0. The molecule has 1 N–H and O–H groups in total. The number of nitrogens with zero attached hydrogens (tertiary/aromatic N) is 2. The summed E-state index contributed by atoms with van der Waals surface area (Å²) in [6, 6.07) is 12.8. The fourth-order valence-electron chi connectivity index (χ4n) is 2.21. The lowest BCUT2D eigenvalue weighted by Gasteiger charge is -2.09. The van der Waals surface area contributed by atoms with Gasteiger partial charge in [0.05, 0.1) is 25.2 Å². The Hall–Kier alpha value is -3.35. The van der Waals surface area contributed by atoms with Crippen LogP contribution in [0, 0.1) is 5.82 Å². The molecule has 0 saturated carbocycles. The van der Waals surface area contributed by atoms with Crippen LogP contribution in [-0.4, -0.2) is 22.8 Å². The molecular weight excluding hydrogens is 325 g/mol. The Morgan fingerprint density at radius 3 is 2.68 bits per heavy atom. The molecule has 0 saturated heterocycles. The van der Waals surface area contributed by atoms with E-state index in [1.807, 2.05) is 6.07 Å². The lowest BCUT2D eigenvalue weighted by molar-refractivity contribution is -0.116. The summed E-state index contributed by atoms with van der Waals surface area (Å²) in [7, 11) is 1.54. The third kappa shape index (κ3) is 4.35. The Labute approximate surface area is 143 Å². The Morgan fingerprint density at radius 1 is 1.16 bits per heavy atom. The zero-order chi connectivity index (χ0) is 17.6. The van der Waals surface area contributed by atoms with E-state index in [4.69, 9.17) is 9.47 Å². The van der Waals surface area contributed by atoms with Gasteiger partial charge in [-0.15, -0.1) is 0 Å². The SMILES string of the molecule is COc1ccccc1NC(=O)Cn1cc(Oc2ccc(F)cc2)cn1. The molecule has 0 aliphatic carbocycles. The number of hydrogen-bond donors (Lipinski definition) is 1. The monoisotopic (exact) mass is 341 g/mol. The van der Waals surface area contributed by atoms with Crippen molar-refractivity contribution in [1.29, 1.82) is 0 Å². The van der Waals surface area contributed by atoms with Crippen molar-refractivity contribution in [1.82, 2.24) is 9.78 Å². The average molecular weight is 341 g/mol. The second-order valence-electron chi connectivity index (χ2n) is 5.18. The highest BCUT2D eigenvalue weighted by molar-refractivity contribution is 5.92. The number of benzene rings is 2. The highest BCUT2D eigenvalue weighted by Gasteiger charge is 2.09. The van der Waals surface area contributed by atoms with E-state index in [9.17, 15) is 9.18 Å². The number of aromatic nitrogens is 2. The van der Waals surface area contributed by atoms with Gasteiger partial charge in [-0.1, -0.05) is 12.1 Å². The lowest BCUT2D eigenvalue weighted by atomic mass is 10.3. The predicted molar refractivity (Wildman–Crippen MR) is 90.3 cm³/mol. The number of amides is 1. The molecule has 0 unspecified atom stereocenters. The van der Waals surface area contributed by atoms with Crippen molar-refractivity contribution in [3.63, 3.8) is 0 Å². The maximum Gasteiger partial charge on any atom is 0.246 e. The number of ether oxygens (including phenoxy) is 2. The summed E-state index contributed by atoms with van der Waals surface area (Å²) in [5, 5.41) is 6.85. The molecule has 0 fully saturated rings. The number of carbonyl (C=O) groups excluding carboxylic acids is 1. The first-order valence-electron chi connectivity index (χ1n) is 7.53. The minimum Gasteiger partial charge on any atom is -0.495 e. The number of hydrogen-bond acceptors (Lipinski definition) is 4. The molecular formula is C18H16FN3O3. The second-order valence-corrected chi connectivity index (χ2v) is 5.18. The van der Waals surface area contributed by atoms with Crippen LogP contribution in [0.5, 0.6) is 17.2 Å². The van der Waals surface area contributed by atoms with E-state index in [2.05, 4.69) is 10.4 Å². The summed E-state index contributed by atoms with van der Waals surface area (Å²) in [5.41, 5.74) is 0.588. The van der Waals surface area contributed by atoms with Crippen LogP contribution < -0.4 is 14.8 Å². The lowest BCUT2D eigenvalue weighted by Crippen LogP contribution is -2.19. The first-order chi connectivity index (χ1) is 12.1. The molecule has 1 amide bonds.